The van der Waals surface area contributed by atoms with E-state index >= 15 is 0 Å². The number of hydrogen-bond acceptors (Lipinski definition) is 3. The van der Waals surface area contributed by atoms with Crippen LogP contribution in [0.25, 0.3) is 0 Å². The van der Waals surface area contributed by atoms with Gasteiger partial charge in [-0.15, -0.1) is 0 Å². The zero-order chi connectivity index (χ0) is 12.3. The van der Waals surface area contributed by atoms with Crippen LogP contribution in [-0.2, 0) is 0 Å². The van der Waals surface area contributed by atoms with Gasteiger partial charge in [0.15, 0.2) is 0 Å². The van der Waals surface area contributed by atoms with Crippen LogP contribution in [0.15, 0.2) is 18.2 Å². The van der Waals surface area contributed by atoms with Gasteiger partial charge in [0.25, 0.3) is 0 Å². The van der Waals surface area contributed by atoms with Gasteiger partial charge in [-0.2, -0.15) is 0 Å². The summed E-state index contributed by atoms with van der Waals surface area (Å²) in [5.41, 5.74) is 0. The lowest BCUT2D eigenvalue weighted by atomic mass is 10.3. The van der Waals surface area contributed by atoms with Crippen LogP contribution in [0.5, 0.6) is 5.75 Å². The number of nitrogens with one attached hydrogen (secondary N) is 1. The average Bonchev–Trinajstić information content (AvgIpc) is 3.12. The third kappa shape index (κ3) is 4.03. The summed E-state index contributed by atoms with van der Waals surface area (Å²) in [5, 5.41) is 13.8. The van der Waals surface area contributed by atoms with Gasteiger partial charge in [0, 0.05) is 12.6 Å². The van der Waals surface area contributed by atoms with Crippen molar-refractivity contribution in [1.82, 2.24) is 5.32 Å². The van der Waals surface area contributed by atoms with Crippen molar-refractivity contribution in [3.05, 3.63) is 28.2 Å². The SMILES string of the molecule is OC(CNC1CC1)COc1cccc(Cl)c1Cl. The topological polar surface area (TPSA) is 41.5 Å². The van der Waals surface area contributed by atoms with Gasteiger partial charge in [-0.05, 0) is 25.0 Å². The van der Waals surface area contributed by atoms with Crippen molar-refractivity contribution in [2.45, 2.75) is 25.0 Å². The van der Waals surface area contributed by atoms with Crippen molar-refractivity contribution < 1.29 is 9.84 Å². The van der Waals surface area contributed by atoms with E-state index in [4.69, 9.17) is 27.9 Å². The molecule has 0 amide bonds. The molecule has 0 spiro atoms. The molecule has 1 aliphatic rings. The zero-order valence-corrected chi connectivity index (χ0v) is 10.8. The van der Waals surface area contributed by atoms with Gasteiger partial charge >= 0.3 is 0 Å². The van der Waals surface area contributed by atoms with Crippen LogP contribution < -0.4 is 10.1 Å². The number of ether oxygens (including phenoxy) is 1. The van der Waals surface area contributed by atoms with Crippen LogP contribution in [0.3, 0.4) is 0 Å². The number of rotatable bonds is 6. The Bertz CT molecular complexity index is 383. The fourth-order valence-electron chi connectivity index (χ4n) is 1.43. The Morgan fingerprint density at radius 2 is 2.18 bits per heavy atom. The summed E-state index contributed by atoms with van der Waals surface area (Å²) < 4.78 is 5.43. The van der Waals surface area contributed by atoms with Crippen LogP contribution >= 0.6 is 23.2 Å². The third-order valence-corrected chi connectivity index (χ3v) is 3.37. The second-order valence-electron chi connectivity index (χ2n) is 4.20. The normalized spacial score (nSPS) is 16.9. The molecule has 2 rings (SSSR count). The first-order valence-corrected chi connectivity index (χ1v) is 6.40. The molecule has 0 bridgehead atoms. The Kier molecular flexibility index (Phi) is 4.51. The standard InChI is InChI=1S/C12H15Cl2NO2/c13-10-2-1-3-11(12(10)14)17-7-9(16)6-15-8-4-5-8/h1-3,8-9,15-16H,4-7H2. The van der Waals surface area contributed by atoms with Gasteiger partial charge in [0.2, 0.25) is 0 Å². The van der Waals surface area contributed by atoms with Crippen molar-refractivity contribution >= 4 is 23.2 Å². The van der Waals surface area contributed by atoms with E-state index in [-0.39, 0.29) is 6.61 Å². The third-order valence-electron chi connectivity index (χ3n) is 2.57. The van der Waals surface area contributed by atoms with Crippen molar-refractivity contribution in [3.8, 4) is 5.75 Å². The summed E-state index contributed by atoms with van der Waals surface area (Å²) in [6.45, 7) is 0.753. The Balaban J connectivity index is 1.77. The van der Waals surface area contributed by atoms with E-state index < -0.39 is 6.10 Å². The van der Waals surface area contributed by atoms with Crippen LogP contribution in [0, 0.1) is 0 Å². The highest BCUT2D eigenvalue weighted by Gasteiger charge is 2.21. The summed E-state index contributed by atoms with van der Waals surface area (Å²) in [5.74, 6) is 0.504. The summed E-state index contributed by atoms with van der Waals surface area (Å²) >= 11 is 11.8. The smallest absolute Gasteiger partial charge is 0.139 e. The molecule has 1 unspecified atom stereocenters. The van der Waals surface area contributed by atoms with Crippen molar-refractivity contribution in [2.75, 3.05) is 13.2 Å². The maximum Gasteiger partial charge on any atom is 0.139 e. The minimum atomic E-state index is -0.536. The molecule has 2 N–H and O–H groups in total. The molecule has 1 atom stereocenters. The van der Waals surface area contributed by atoms with Crippen LogP contribution in [0.2, 0.25) is 10.0 Å². The molecule has 0 aliphatic heterocycles. The van der Waals surface area contributed by atoms with E-state index in [1.165, 1.54) is 12.8 Å². The minimum Gasteiger partial charge on any atom is -0.489 e. The molecule has 1 aromatic carbocycles. The Hall–Kier alpha value is -0.480. The molecule has 3 nitrogen and oxygen atoms in total. The number of halogens is 2. The number of aliphatic hydroxyl groups is 1. The van der Waals surface area contributed by atoms with Gasteiger partial charge in [-0.25, -0.2) is 0 Å². The van der Waals surface area contributed by atoms with Gasteiger partial charge in [0.1, 0.15) is 23.5 Å². The predicted octanol–water partition coefficient (Wildman–Crippen LogP) is 2.49. The lowest BCUT2D eigenvalue weighted by Crippen LogP contribution is -2.32. The van der Waals surface area contributed by atoms with Gasteiger partial charge < -0.3 is 15.2 Å². The molecule has 5 heteroatoms. The molecule has 0 aromatic heterocycles. The molecule has 0 saturated heterocycles. The second-order valence-corrected chi connectivity index (χ2v) is 4.98. The predicted molar refractivity (Wildman–Crippen MR) is 69.0 cm³/mol. The van der Waals surface area contributed by atoms with E-state index in [1.54, 1.807) is 18.2 Å². The van der Waals surface area contributed by atoms with Gasteiger partial charge in [-0.1, -0.05) is 29.3 Å². The fraction of sp³-hybridized carbons (Fsp3) is 0.500. The molecule has 94 valence electrons. The van der Waals surface area contributed by atoms with Crippen molar-refractivity contribution in [2.24, 2.45) is 0 Å². The minimum absolute atomic E-state index is 0.208. The first kappa shape index (κ1) is 13.0. The van der Waals surface area contributed by atoms with Gasteiger partial charge in [-0.3, -0.25) is 0 Å². The summed E-state index contributed by atoms with van der Waals surface area (Å²) in [7, 11) is 0. The highest BCUT2D eigenvalue weighted by Crippen LogP contribution is 2.31. The van der Waals surface area contributed by atoms with Crippen LogP contribution in [0.1, 0.15) is 12.8 Å². The summed E-state index contributed by atoms with van der Waals surface area (Å²) in [6, 6.07) is 5.77. The largest absolute Gasteiger partial charge is 0.489 e. The van der Waals surface area contributed by atoms with E-state index in [9.17, 15) is 5.11 Å². The summed E-state index contributed by atoms with van der Waals surface area (Å²) in [4.78, 5) is 0. The molecular weight excluding hydrogens is 261 g/mol. The first-order chi connectivity index (χ1) is 8.16. The van der Waals surface area contributed by atoms with Gasteiger partial charge in [0.05, 0.1) is 5.02 Å². The number of benzene rings is 1. The average molecular weight is 276 g/mol. The highest BCUT2D eigenvalue weighted by atomic mass is 35.5. The Labute approximate surface area is 111 Å². The van der Waals surface area contributed by atoms with Crippen LogP contribution in [0.4, 0.5) is 0 Å². The molecule has 0 heterocycles. The fourth-order valence-corrected chi connectivity index (χ4v) is 1.78. The monoisotopic (exact) mass is 275 g/mol. The second kappa shape index (κ2) is 5.91. The molecule has 1 saturated carbocycles. The summed E-state index contributed by atoms with van der Waals surface area (Å²) in [6.07, 6.45) is 1.87. The molecular formula is C12H15Cl2NO2. The number of hydrogen-bond donors (Lipinski definition) is 2. The van der Waals surface area contributed by atoms with E-state index in [1.807, 2.05) is 0 Å². The highest BCUT2D eigenvalue weighted by molar-refractivity contribution is 6.42. The molecule has 1 aliphatic carbocycles. The van der Waals surface area contributed by atoms with Crippen molar-refractivity contribution in [1.29, 1.82) is 0 Å². The van der Waals surface area contributed by atoms with E-state index in [2.05, 4.69) is 5.32 Å². The molecule has 1 fully saturated rings. The Morgan fingerprint density at radius 3 is 2.88 bits per heavy atom. The maximum absolute atomic E-state index is 9.68. The number of aliphatic hydroxyl groups excluding tert-OH is 1. The maximum atomic E-state index is 9.68. The lowest BCUT2D eigenvalue weighted by Gasteiger charge is -2.14. The van der Waals surface area contributed by atoms with Crippen LogP contribution in [-0.4, -0.2) is 30.4 Å². The first-order valence-electron chi connectivity index (χ1n) is 5.65. The molecule has 0 radical (unpaired) electrons. The Morgan fingerprint density at radius 1 is 1.41 bits per heavy atom. The van der Waals surface area contributed by atoms with E-state index in [0.29, 0.717) is 28.4 Å². The van der Waals surface area contributed by atoms with Crippen molar-refractivity contribution in [3.63, 3.8) is 0 Å². The quantitative estimate of drug-likeness (QED) is 0.838. The van der Waals surface area contributed by atoms with E-state index in [0.717, 1.165) is 0 Å². The lowest BCUT2D eigenvalue weighted by molar-refractivity contribution is 0.106. The molecule has 1 aromatic rings. The zero-order valence-electron chi connectivity index (χ0n) is 9.33. The molecule has 17 heavy (non-hydrogen) atoms.